The van der Waals surface area contributed by atoms with E-state index in [-0.39, 0.29) is 18.5 Å². The molecule has 2 amide bonds. The predicted octanol–water partition coefficient (Wildman–Crippen LogP) is 3.65. The van der Waals surface area contributed by atoms with Crippen LogP contribution >= 0.6 is 0 Å². The van der Waals surface area contributed by atoms with Crippen LogP contribution in [-0.4, -0.2) is 17.6 Å². The lowest BCUT2D eigenvalue weighted by atomic mass is 10.2. The highest BCUT2D eigenvalue weighted by atomic mass is 19.1. The monoisotopic (exact) mass is 309 g/mol. The summed E-state index contributed by atoms with van der Waals surface area (Å²) in [5.74, 6) is -0.322. The number of imide groups is 1. The van der Waals surface area contributed by atoms with Gasteiger partial charge in [-0.15, -0.1) is 12.3 Å². The van der Waals surface area contributed by atoms with Crippen LogP contribution in [0.15, 0.2) is 18.2 Å². The van der Waals surface area contributed by atoms with Crippen LogP contribution in [0.5, 0.6) is 0 Å². The van der Waals surface area contributed by atoms with Crippen molar-refractivity contribution in [2.45, 2.75) is 39.2 Å². The van der Waals surface area contributed by atoms with Crippen LogP contribution in [0.3, 0.4) is 0 Å². The van der Waals surface area contributed by atoms with Crippen molar-refractivity contribution in [2.24, 2.45) is 0 Å². The molecule has 0 aromatic heterocycles. The number of terminal acetylenes is 1. The molecule has 0 saturated carbocycles. The molecular formula is C16H17F2NO3. The van der Waals surface area contributed by atoms with E-state index >= 15 is 0 Å². The van der Waals surface area contributed by atoms with Crippen LogP contribution < -0.4 is 4.90 Å². The number of rotatable bonds is 3. The summed E-state index contributed by atoms with van der Waals surface area (Å²) in [5, 5.41) is 0. The van der Waals surface area contributed by atoms with Gasteiger partial charge in [-0.05, 0) is 32.9 Å². The molecule has 4 nitrogen and oxygen atoms in total. The lowest BCUT2D eigenvalue weighted by Crippen LogP contribution is -2.41. The molecule has 118 valence electrons. The maximum Gasteiger partial charge on any atom is 0.421 e. The molecule has 0 aliphatic carbocycles. The van der Waals surface area contributed by atoms with Gasteiger partial charge in [-0.2, -0.15) is 0 Å². The van der Waals surface area contributed by atoms with Gasteiger partial charge < -0.3 is 4.74 Å². The van der Waals surface area contributed by atoms with Gasteiger partial charge in [0.2, 0.25) is 5.91 Å². The van der Waals surface area contributed by atoms with E-state index in [4.69, 9.17) is 11.2 Å². The average molecular weight is 309 g/mol. The Bertz CT molecular complexity index is 615. The quantitative estimate of drug-likeness (QED) is 0.801. The van der Waals surface area contributed by atoms with Crippen molar-refractivity contribution in [1.82, 2.24) is 0 Å². The van der Waals surface area contributed by atoms with Crippen LogP contribution in [0, 0.1) is 24.0 Å². The zero-order chi connectivity index (χ0) is 16.9. The van der Waals surface area contributed by atoms with Gasteiger partial charge in [0.05, 0.1) is 5.69 Å². The fourth-order valence-electron chi connectivity index (χ4n) is 1.60. The van der Waals surface area contributed by atoms with Crippen LogP contribution in [-0.2, 0) is 9.53 Å². The summed E-state index contributed by atoms with van der Waals surface area (Å²) in [5.41, 5.74) is -1.25. The summed E-state index contributed by atoms with van der Waals surface area (Å²) < 4.78 is 32.0. The summed E-state index contributed by atoms with van der Waals surface area (Å²) in [6.07, 6.45) is 3.97. The largest absolute Gasteiger partial charge is 0.443 e. The van der Waals surface area contributed by atoms with E-state index in [0.717, 1.165) is 12.1 Å². The smallest absolute Gasteiger partial charge is 0.421 e. The Balaban J connectivity index is 3.19. The molecule has 0 aliphatic rings. The van der Waals surface area contributed by atoms with Crippen molar-refractivity contribution < 1.29 is 23.1 Å². The number of carbonyl (C=O) groups is 2. The first kappa shape index (κ1) is 17.6. The van der Waals surface area contributed by atoms with Crippen molar-refractivity contribution in [1.29, 1.82) is 0 Å². The molecule has 0 fully saturated rings. The molecule has 0 spiro atoms. The third-order valence-electron chi connectivity index (χ3n) is 2.46. The Morgan fingerprint density at radius 3 is 2.45 bits per heavy atom. The molecule has 22 heavy (non-hydrogen) atoms. The number of carbonyl (C=O) groups excluding carboxylic acids is 2. The van der Waals surface area contributed by atoms with E-state index < -0.39 is 29.2 Å². The zero-order valence-corrected chi connectivity index (χ0v) is 12.7. The number of anilines is 1. The first-order valence-corrected chi connectivity index (χ1v) is 6.60. The van der Waals surface area contributed by atoms with Crippen LogP contribution in [0.4, 0.5) is 19.3 Å². The van der Waals surface area contributed by atoms with Crippen LogP contribution in [0.1, 0.15) is 33.6 Å². The number of amides is 2. The molecule has 1 aromatic carbocycles. The standard InChI is InChI=1S/C16H17F2NO3/c1-5-6-7-14(20)19(15(21)22-16(2,3)4)13-9-8-11(17)10-12(13)18/h1,8-10H,6-7H2,2-4H3. The maximum absolute atomic E-state index is 13.9. The minimum Gasteiger partial charge on any atom is -0.443 e. The van der Waals surface area contributed by atoms with Crippen molar-refractivity contribution in [3.05, 3.63) is 29.8 Å². The number of nitrogens with zero attached hydrogens (tertiary/aromatic N) is 1. The van der Waals surface area contributed by atoms with E-state index in [1.165, 1.54) is 0 Å². The summed E-state index contributed by atoms with van der Waals surface area (Å²) in [7, 11) is 0. The fraction of sp³-hybridized carbons (Fsp3) is 0.375. The minimum atomic E-state index is -1.04. The van der Waals surface area contributed by atoms with Gasteiger partial charge in [0, 0.05) is 18.9 Å². The van der Waals surface area contributed by atoms with E-state index in [1.807, 2.05) is 0 Å². The van der Waals surface area contributed by atoms with Gasteiger partial charge >= 0.3 is 6.09 Å². The number of ether oxygens (including phenoxy) is 1. The summed E-state index contributed by atoms with van der Waals surface area (Å²) in [6.45, 7) is 4.82. The number of hydrogen-bond acceptors (Lipinski definition) is 3. The molecule has 0 atom stereocenters. The van der Waals surface area contributed by atoms with Gasteiger partial charge in [-0.1, -0.05) is 0 Å². The molecular weight excluding hydrogens is 292 g/mol. The van der Waals surface area contributed by atoms with Crippen molar-refractivity contribution >= 4 is 17.7 Å². The number of benzene rings is 1. The van der Waals surface area contributed by atoms with E-state index in [0.29, 0.717) is 11.0 Å². The highest BCUT2D eigenvalue weighted by molar-refractivity contribution is 6.12. The van der Waals surface area contributed by atoms with Crippen molar-refractivity contribution in [2.75, 3.05) is 4.90 Å². The fourth-order valence-corrected chi connectivity index (χ4v) is 1.60. The maximum atomic E-state index is 13.9. The van der Waals surface area contributed by atoms with E-state index in [2.05, 4.69) is 5.92 Å². The molecule has 6 heteroatoms. The predicted molar refractivity (Wildman–Crippen MR) is 78.1 cm³/mol. The Morgan fingerprint density at radius 2 is 1.95 bits per heavy atom. The lowest BCUT2D eigenvalue weighted by molar-refractivity contribution is -0.118. The third-order valence-corrected chi connectivity index (χ3v) is 2.46. The highest BCUT2D eigenvalue weighted by Crippen LogP contribution is 2.24. The van der Waals surface area contributed by atoms with Crippen molar-refractivity contribution in [3.8, 4) is 12.3 Å². The molecule has 1 aromatic rings. The molecule has 0 aliphatic heterocycles. The second-order valence-electron chi connectivity index (χ2n) is 5.51. The first-order chi connectivity index (χ1) is 10.2. The topological polar surface area (TPSA) is 46.6 Å². The second-order valence-corrected chi connectivity index (χ2v) is 5.51. The van der Waals surface area contributed by atoms with Gasteiger partial charge in [-0.3, -0.25) is 4.79 Å². The molecule has 0 saturated heterocycles. The summed E-state index contributed by atoms with van der Waals surface area (Å²) >= 11 is 0. The zero-order valence-electron chi connectivity index (χ0n) is 12.7. The van der Waals surface area contributed by atoms with Gasteiger partial charge in [0.15, 0.2) is 0 Å². The van der Waals surface area contributed by atoms with Gasteiger partial charge in [0.1, 0.15) is 17.2 Å². The molecule has 0 bridgehead atoms. The highest BCUT2D eigenvalue weighted by Gasteiger charge is 2.30. The Kier molecular flexibility index (Phi) is 5.63. The molecule has 0 unspecified atom stereocenters. The average Bonchev–Trinajstić information content (AvgIpc) is 2.37. The van der Waals surface area contributed by atoms with Crippen molar-refractivity contribution in [3.63, 3.8) is 0 Å². The Hall–Kier alpha value is -2.42. The van der Waals surface area contributed by atoms with E-state index in [1.54, 1.807) is 20.8 Å². The molecule has 0 N–H and O–H groups in total. The number of hydrogen-bond donors (Lipinski definition) is 0. The number of halogens is 2. The van der Waals surface area contributed by atoms with E-state index in [9.17, 15) is 18.4 Å². The Morgan fingerprint density at radius 1 is 1.32 bits per heavy atom. The normalized spacial score (nSPS) is 10.7. The Labute approximate surface area is 128 Å². The van der Waals surface area contributed by atoms with Gasteiger partial charge in [0.25, 0.3) is 0 Å². The van der Waals surface area contributed by atoms with Gasteiger partial charge in [-0.25, -0.2) is 18.5 Å². The molecule has 0 heterocycles. The molecule has 1 rings (SSSR count). The third kappa shape index (κ3) is 4.85. The SMILES string of the molecule is C#CCCC(=O)N(C(=O)OC(C)(C)C)c1ccc(F)cc1F. The molecule has 0 radical (unpaired) electrons. The minimum absolute atomic E-state index is 0.0843. The lowest BCUT2D eigenvalue weighted by Gasteiger charge is -2.26. The second kappa shape index (κ2) is 7.03. The summed E-state index contributed by atoms with van der Waals surface area (Å²) in [6, 6.07) is 2.54. The van der Waals surface area contributed by atoms with Crippen LogP contribution in [0.25, 0.3) is 0 Å². The summed E-state index contributed by atoms with van der Waals surface area (Å²) in [4.78, 5) is 24.8. The van der Waals surface area contributed by atoms with Crippen LogP contribution in [0.2, 0.25) is 0 Å². The first-order valence-electron chi connectivity index (χ1n) is 6.60.